The Hall–Kier alpha value is -1.62. The molecule has 0 saturated heterocycles. The average molecular weight is 427 g/mol. The predicted octanol–water partition coefficient (Wildman–Crippen LogP) is 0.995. The lowest BCUT2D eigenvalue weighted by Gasteiger charge is -2.24. The number of anilines is 1. The van der Waals surface area contributed by atoms with E-state index in [0.717, 1.165) is 8.96 Å². The van der Waals surface area contributed by atoms with Gasteiger partial charge in [0.2, 0.25) is 0 Å². The molecule has 0 aliphatic heterocycles. The molecule has 4 N–H and O–H groups in total. The van der Waals surface area contributed by atoms with Crippen molar-refractivity contribution in [1.29, 1.82) is 0 Å². The van der Waals surface area contributed by atoms with Gasteiger partial charge in [-0.05, 0) is 46.4 Å². The van der Waals surface area contributed by atoms with Crippen LogP contribution in [0.3, 0.4) is 0 Å². The van der Waals surface area contributed by atoms with Gasteiger partial charge in [0.15, 0.2) is 0 Å². The maximum Gasteiger partial charge on any atom is 0.147 e. The zero-order valence-electron chi connectivity index (χ0n) is 11.9. The van der Waals surface area contributed by atoms with Crippen LogP contribution in [0, 0.1) is 15.4 Å². The van der Waals surface area contributed by atoms with Crippen molar-refractivity contribution in [2.45, 2.75) is 24.2 Å². The second kappa shape index (κ2) is 4.94. The number of aromatic nitrogens is 3. The molecule has 5 atom stereocenters. The Morgan fingerprint density at radius 3 is 3.04 bits per heavy atom. The summed E-state index contributed by atoms with van der Waals surface area (Å²) in [6.07, 6.45) is 2.14. The second-order valence-corrected chi connectivity index (χ2v) is 7.28. The molecule has 2 aromatic heterocycles. The molecule has 2 fully saturated rings. The molecule has 23 heavy (non-hydrogen) atoms. The van der Waals surface area contributed by atoms with E-state index < -0.39 is 17.7 Å². The van der Waals surface area contributed by atoms with Crippen LogP contribution in [0.25, 0.3) is 21.5 Å². The quantitative estimate of drug-likeness (QED) is 0.290. The molecule has 120 valence electrons. The molecule has 0 amide bonds. The van der Waals surface area contributed by atoms with Crippen LogP contribution in [-0.2, 0) is 5.54 Å². The van der Waals surface area contributed by atoms with Gasteiger partial charge in [-0.15, -0.1) is 0 Å². The molecule has 0 bridgehead atoms. The van der Waals surface area contributed by atoms with E-state index in [1.165, 1.54) is 6.33 Å². The van der Waals surface area contributed by atoms with Crippen molar-refractivity contribution >= 4 is 39.4 Å². The van der Waals surface area contributed by atoms with E-state index in [1.54, 1.807) is 0 Å². The van der Waals surface area contributed by atoms with Crippen LogP contribution in [0.5, 0.6) is 0 Å². The summed E-state index contributed by atoms with van der Waals surface area (Å²) in [4.78, 5) is 11.1. The fourth-order valence-corrected chi connectivity index (χ4v) is 4.86. The number of azide groups is 1. The monoisotopic (exact) mass is 427 g/mol. The van der Waals surface area contributed by atoms with Gasteiger partial charge in [0.05, 0.1) is 17.0 Å². The van der Waals surface area contributed by atoms with Crippen LogP contribution in [0.4, 0.5) is 5.82 Å². The maximum atomic E-state index is 10.6. The smallest absolute Gasteiger partial charge is 0.147 e. The fraction of sp³-hybridized carbons (Fsp3) is 0.538. The first-order chi connectivity index (χ1) is 11.0. The standard InChI is InChI=1S/C13H14IN7O2/c14-7-3-21(12-8(7)11(15)17-4-18-12)13-1-6(13)5(2-19-20-16)9(22)10(13)23/h3-6,9-10,22-23H,1-2H2,(H2,15,17,18)/t5-,6-,9+,10+,13+/m0/s1. The van der Waals surface area contributed by atoms with Gasteiger partial charge >= 0.3 is 0 Å². The molecule has 2 aliphatic carbocycles. The largest absolute Gasteiger partial charge is 0.390 e. The Morgan fingerprint density at radius 2 is 2.30 bits per heavy atom. The predicted molar refractivity (Wildman–Crippen MR) is 90.3 cm³/mol. The van der Waals surface area contributed by atoms with Crippen LogP contribution in [0.2, 0.25) is 0 Å². The number of hydrogen-bond acceptors (Lipinski definition) is 6. The highest BCUT2D eigenvalue weighted by atomic mass is 127. The maximum absolute atomic E-state index is 10.6. The van der Waals surface area contributed by atoms with Crippen molar-refractivity contribution in [3.05, 3.63) is 26.5 Å². The lowest BCUT2D eigenvalue weighted by Crippen LogP contribution is -2.38. The Labute approximate surface area is 144 Å². The lowest BCUT2D eigenvalue weighted by molar-refractivity contribution is -0.0154. The first kappa shape index (κ1) is 14.9. The number of nitrogens with two attached hydrogens (primary N) is 1. The summed E-state index contributed by atoms with van der Waals surface area (Å²) in [6.45, 7) is 0.175. The van der Waals surface area contributed by atoms with E-state index in [9.17, 15) is 10.2 Å². The Balaban J connectivity index is 1.84. The molecule has 0 aromatic carbocycles. The number of hydrogen-bond donors (Lipinski definition) is 3. The van der Waals surface area contributed by atoms with Gasteiger partial charge in [0.1, 0.15) is 23.9 Å². The number of nitrogen functional groups attached to an aromatic ring is 1. The van der Waals surface area contributed by atoms with Crippen LogP contribution >= 0.6 is 22.6 Å². The average Bonchev–Trinajstić information content (AvgIpc) is 3.12. The number of fused-ring (bicyclic) bond motifs is 2. The summed E-state index contributed by atoms with van der Waals surface area (Å²) >= 11 is 2.16. The molecule has 2 heterocycles. The van der Waals surface area contributed by atoms with Crippen LogP contribution in [0.15, 0.2) is 17.6 Å². The summed E-state index contributed by atoms with van der Waals surface area (Å²) in [6, 6.07) is 0. The Bertz CT molecular complexity index is 848. The minimum absolute atomic E-state index is 0.0422. The first-order valence-corrected chi connectivity index (χ1v) is 8.24. The van der Waals surface area contributed by atoms with Crippen molar-refractivity contribution in [1.82, 2.24) is 14.5 Å². The summed E-state index contributed by atoms with van der Waals surface area (Å²) in [5.41, 5.74) is 14.5. The highest BCUT2D eigenvalue weighted by molar-refractivity contribution is 14.1. The second-order valence-electron chi connectivity index (χ2n) is 6.12. The van der Waals surface area contributed by atoms with E-state index >= 15 is 0 Å². The van der Waals surface area contributed by atoms with Crippen molar-refractivity contribution in [3.8, 4) is 0 Å². The lowest BCUT2D eigenvalue weighted by atomic mass is 10.00. The summed E-state index contributed by atoms with van der Waals surface area (Å²) in [7, 11) is 0. The number of aliphatic hydroxyl groups excluding tert-OH is 2. The van der Waals surface area contributed by atoms with Crippen molar-refractivity contribution < 1.29 is 10.2 Å². The van der Waals surface area contributed by atoms with Gasteiger partial charge in [0, 0.05) is 21.2 Å². The highest BCUT2D eigenvalue weighted by Crippen LogP contribution is 2.64. The van der Waals surface area contributed by atoms with E-state index in [1.807, 2.05) is 10.8 Å². The van der Waals surface area contributed by atoms with E-state index in [2.05, 4.69) is 42.6 Å². The fourth-order valence-electron chi connectivity index (χ4n) is 4.07. The van der Waals surface area contributed by atoms with Gasteiger partial charge in [-0.25, -0.2) is 9.97 Å². The third kappa shape index (κ3) is 1.83. The number of aliphatic hydroxyl groups is 2. The van der Waals surface area contributed by atoms with Gasteiger partial charge in [-0.1, -0.05) is 5.11 Å². The molecular weight excluding hydrogens is 413 g/mol. The molecule has 4 rings (SSSR count). The van der Waals surface area contributed by atoms with Crippen LogP contribution < -0.4 is 5.73 Å². The minimum Gasteiger partial charge on any atom is -0.390 e. The number of nitrogens with zero attached hydrogens (tertiary/aromatic N) is 6. The van der Waals surface area contributed by atoms with Gasteiger partial charge in [-0.3, -0.25) is 0 Å². The molecule has 2 saturated carbocycles. The molecule has 0 spiro atoms. The molecule has 0 radical (unpaired) electrons. The molecular formula is C13H14IN7O2. The van der Waals surface area contributed by atoms with Gasteiger partial charge in [0.25, 0.3) is 0 Å². The first-order valence-electron chi connectivity index (χ1n) is 7.17. The SMILES string of the molecule is [N-]=[N+]=NC[C@@H]1[C@@H](O)[C@@H](O)[C@@]2(n3cc(I)c4c(N)ncnc43)C[C@@H]12. The third-order valence-electron chi connectivity index (χ3n) is 5.19. The molecule has 2 aromatic rings. The number of rotatable bonds is 3. The Morgan fingerprint density at radius 1 is 1.52 bits per heavy atom. The van der Waals surface area contributed by atoms with Crippen LogP contribution in [-0.4, -0.2) is 43.5 Å². The normalized spacial score (nSPS) is 35.1. The molecule has 2 aliphatic rings. The van der Waals surface area contributed by atoms with E-state index in [0.29, 0.717) is 17.9 Å². The minimum atomic E-state index is -0.936. The highest BCUT2D eigenvalue weighted by Gasteiger charge is 2.72. The number of halogens is 1. The molecule has 9 nitrogen and oxygen atoms in total. The van der Waals surface area contributed by atoms with Crippen molar-refractivity contribution in [2.24, 2.45) is 17.0 Å². The summed E-state index contributed by atoms with van der Waals surface area (Å²) in [5.74, 6) is 0.182. The summed E-state index contributed by atoms with van der Waals surface area (Å²) < 4.78 is 2.81. The zero-order chi connectivity index (χ0) is 16.4. The van der Waals surface area contributed by atoms with Crippen LogP contribution in [0.1, 0.15) is 6.42 Å². The van der Waals surface area contributed by atoms with E-state index in [-0.39, 0.29) is 18.4 Å². The molecule has 0 unspecified atom stereocenters. The topological polar surface area (TPSA) is 146 Å². The van der Waals surface area contributed by atoms with Crippen molar-refractivity contribution in [2.75, 3.05) is 12.3 Å². The van der Waals surface area contributed by atoms with Gasteiger partial charge in [-0.2, -0.15) is 0 Å². The third-order valence-corrected chi connectivity index (χ3v) is 6.01. The zero-order valence-corrected chi connectivity index (χ0v) is 14.1. The van der Waals surface area contributed by atoms with Gasteiger partial charge < -0.3 is 20.5 Å². The summed E-state index contributed by atoms with van der Waals surface area (Å²) in [5, 5.41) is 25.3. The van der Waals surface area contributed by atoms with Crippen molar-refractivity contribution in [3.63, 3.8) is 0 Å². The van der Waals surface area contributed by atoms with E-state index in [4.69, 9.17) is 11.3 Å². The molecule has 10 heteroatoms. The Kier molecular flexibility index (Phi) is 3.21.